The van der Waals surface area contributed by atoms with Gasteiger partial charge in [0.15, 0.2) is 0 Å². The normalized spacial score (nSPS) is 10.0. The van der Waals surface area contributed by atoms with Crippen LogP contribution in [-0.4, -0.2) is 0 Å². The number of hydrogen-bond donors (Lipinski definition) is 1. The monoisotopic (exact) mass is 240 g/mol. The molecule has 1 aromatic carbocycles. The molecule has 0 aliphatic rings. The van der Waals surface area contributed by atoms with Crippen molar-refractivity contribution < 1.29 is 4.39 Å². The molecule has 1 rings (SSSR count). The number of halogens is 3. The summed E-state index contributed by atoms with van der Waals surface area (Å²) in [6.45, 7) is 0. The fourth-order valence-corrected chi connectivity index (χ4v) is 1.33. The average Bonchev–Trinajstić information content (AvgIpc) is 1.84. The molecule has 0 fully saturated rings. The predicted molar refractivity (Wildman–Crippen MR) is 46.4 cm³/mol. The summed E-state index contributed by atoms with van der Waals surface area (Å²) in [6.07, 6.45) is 0. The third-order valence-corrected chi connectivity index (χ3v) is 2.41. The SMILES string of the molecule is Fc1cc(S)c(Cl)cc1Br. The summed E-state index contributed by atoms with van der Waals surface area (Å²) in [4.78, 5) is 0.447. The first-order valence-electron chi connectivity index (χ1n) is 2.45. The summed E-state index contributed by atoms with van der Waals surface area (Å²) in [5.74, 6) is -0.352. The van der Waals surface area contributed by atoms with Crippen LogP contribution in [0, 0.1) is 5.82 Å². The minimum atomic E-state index is -0.352. The van der Waals surface area contributed by atoms with Crippen molar-refractivity contribution in [2.24, 2.45) is 0 Å². The second-order valence-electron chi connectivity index (χ2n) is 1.72. The van der Waals surface area contributed by atoms with E-state index in [1.807, 2.05) is 0 Å². The lowest BCUT2D eigenvalue weighted by atomic mass is 10.3. The summed E-state index contributed by atoms with van der Waals surface area (Å²) in [7, 11) is 0. The van der Waals surface area contributed by atoms with Gasteiger partial charge in [0.05, 0.1) is 9.50 Å². The van der Waals surface area contributed by atoms with Gasteiger partial charge in [0.2, 0.25) is 0 Å². The summed E-state index contributed by atoms with van der Waals surface area (Å²) in [5, 5.41) is 0.441. The third-order valence-electron chi connectivity index (χ3n) is 0.990. The minimum absolute atomic E-state index is 0.352. The first kappa shape index (κ1) is 8.37. The van der Waals surface area contributed by atoms with Gasteiger partial charge in [0.25, 0.3) is 0 Å². The molecule has 0 saturated heterocycles. The highest BCUT2D eigenvalue weighted by molar-refractivity contribution is 9.10. The van der Waals surface area contributed by atoms with Gasteiger partial charge < -0.3 is 0 Å². The van der Waals surface area contributed by atoms with Gasteiger partial charge in [-0.2, -0.15) is 0 Å². The molecule has 0 amide bonds. The highest BCUT2D eigenvalue weighted by Crippen LogP contribution is 2.26. The third kappa shape index (κ3) is 1.65. The Balaban J connectivity index is 3.28. The van der Waals surface area contributed by atoms with Gasteiger partial charge in [-0.25, -0.2) is 4.39 Å². The van der Waals surface area contributed by atoms with Crippen molar-refractivity contribution in [2.45, 2.75) is 4.90 Å². The summed E-state index contributed by atoms with van der Waals surface area (Å²) >= 11 is 12.5. The van der Waals surface area contributed by atoms with Crippen LogP contribution < -0.4 is 0 Å². The molecule has 0 bridgehead atoms. The molecule has 54 valence electrons. The van der Waals surface area contributed by atoms with Gasteiger partial charge in [-0.1, -0.05) is 11.6 Å². The zero-order valence-electron chi connectivity index (χ0n) is 4.74. The molecule has 0 N–H and O–H groups in total. The van der Waals surface area contributed by atoms with E-state index in [9.17, 15) is 4.39 Å². The Kier molecular flexibility index (Phi) is 2.61. The van der Waals surface area contributed by atoms with Crippen molar-refractivity contribution in [2.75, 3.05) is 0 Å². The van der Waals surface area contributed by atoms with Crippen molar-refractivity contribution >= 4 is 40.2 Å². The molecule has 0 spiro atoms. The van der Waals surface area contributed by atoms with Gasteiger partial charge in [-0.3, -0.25) is 0 Å². The first-order chi connectivity index (χ1) is 4.61. The lowest BCUT2D eigenvalue weighted by Gasteiger charge is -1.97. The second kappa shape index (κ2) is 3.11. The Morgan fingerprint density at radius 3 is 2.60 bits per heavy atom. The maximum absolute atomic E-state index is 12.6. The standard InChI is InChI=1S/C6H3BrClFS/c7-3-1-4(8)6(10)2-5(3)9/h1-2,10H. The molecule has 0 aliphatic carbocycles. The minimum Gasteiger partial charge on any atom is -0.206 e. The van der Waals surface area contributed by atoms with E-state index in [0.717, 1.165) is 0 Å². The largest absolute Gasteiger partial charge is 0.206 e. The molecule has 0 unspecified atom stereocenters. The number of thiol groups is 1. The molecule has 0 aliphatic heterocycles. The Hall–Kier alpha value is 0.270. The Labute approximate surface area is 76.9 Å². The van der Waals surface area contributed by atoms with Crippen molar-refractivity contribution in [1.82, 2.24) is 0 Å². The van der Waals surface area contributed by atoms with Gasteiger partial charge >= 0.3 is 0 Å². The van der Waals surface area contributed by atoms with Crippen LogP contribution >= 0.6 is 40.2 Å². The van der Waals surface area contributed by atoms with E-state index in [-0.39, 0.29) is 5.82 Å². The van der Waals surface area contributed by atoms with Gasteiger partial charge in [-0.05, 0) is 28.1 Å². The lowest BCUT2D eigenvalue weighted by molar-refractivity contribution is 0.617. The molecule has 0 heterocycles. The number of rotatable bonds is 0. The van der Waals surface area contributed by atoms with Crippen LogP contribution in [0.15, 0.2) is 21.5 Å². The second-order valence-corrected chi connectivity index (χ2v) is 3.46. The predicted octanol–water partition coefficient (Wildman–Crippen LogP) is 3.53. The highest BCUT2D eigenvalue weighted by atomic mass is 79.9. The van der Waals surface area contributed by atoms with Crippen molar-refractivity contribution in [1.29, 1.82) is 0 Å². The topological polar surface area (TPSA) is 0 Å². The van der Waals surface area contributed by atoms with E-state index in [1.165, 1.54) is 12.1 Å². The smallest absolute Gasteiger partial charge is 0.138 e. The summed E-state index contributed by atoms with van der Waals surface area (Å²) in [5.41, 5.74) is 0. The van der Waals surface area contributed by atoms with E-state index < -0.39 is 0 Å². The quantitative estimate of drug-likeness (QED) is 0.521. The first-order valence-corrected chi connectivity index (χ1v) is 4.06. The molecule has 0 aromatic heterocycles. The van der Waals surface area contributed by atoms with Gasteiger partial charge in [0, 0.05) is 4.90 Å². The fraction of sp³-hybridized carbons (Fsp3) is 0. The van der Waals surface area contributed by atoms with E-state index in [1.54, 1.807) is 0 Å². The molecular weight excluding hydrogens is 238 g/mol. The highest BCUT2D eigenvalue weighted by Gasteiger charge is 2.02. The van der Waals surface area contributed by atoms with Crippen LogP contribution in [0.1, 0.15) is 0 Å². The van der Waals surface area contributed by atoms with Crippen LogP contribution in [0.3, 0.4) is 0 Å². The van der Waals surface area contributed by atoms with Crippen LogP contribution in [-0.2, 0) is 0 Å². The van der Waals surface area contributed by atoms with E-state index >= 15 is 0 Å². The van der Waals surface area contributed by atoms with Crippen molar-refractivity contribution in [3.63, 3.8) is 0 Å². The Morgan fingerprint density at radius 1 is 1.50 bits per heavy atom. The van der Waals surface area contributed by atoms with Crippen LogP contribution in [0.4, 0.5) is 4.39 Å². The van der Waals surface area contributed by atoms with Crippen molar-refractivity contribution in [3.8, 4) is 0 Å². The van der Waals surface area contributed by atoms with Gasteiger partial charge in [0.1, 0.15) is 5.82 Å². The zero-order chi connectivity index (χ0) is 7.72. The average molecular weight is 242 g/mol. The molecular formula is C6H3BrClFS. The summed E-state index contributed by atoms with van der Waals surface area (Å²) < 4.78 is 13.0. The summed E-state index contributed by atoms with van der Waals surface area (Å²) in [6, 6.07) is 2.73. The molecule has 0 atom stereocenters. The fourth-order valence-electron chi connectivity index (χ4n) is 0.512. The maximum Gasteiger partial charge on any atom is 0.138 e. The molecule has 10 heavy (non-hydrogen) atoms. The Morgan fingerprint density at radius 2 is 2.10 bits per heavy atom. The maximum atomic E-state index is 12.6. The van der Waals surface area contributed by atoms with Gasteiger partial charge in [-0.15, -0.1) is 12.6 Å². The number of hydrogen-bond acceptors (Lipinski definition) is 1. The molecule has 4 heteroatoms. The van der Waals surface area contributed by atoms with Crippen LogP contribution in [0.25, 0.3) is 0 Å². The van der Waals surface area contributed by atoms with Crippen molar-refractivity contribution in [3.05, 3.63) is 27.4 Å². The number of benzene rings is 1. The molecule has 0 nitrogen and oxygen atoms in total. The van der Waals surface area contributed by atoms with Crippen LogP contribution in [0.2, 0.25) is 5.02 Å². The Bertz CT molecular complexity index is 214. The zero-order valence-corrected chi connectivity index (χ0v) is 7.97. The molecule has 0 saturated carbocycles. The molecule has 0 radical (unpaired) electrons. The molecule has 1 aromatic rings. The lowest BCUT2D eigenvalue weighted by Crippen LogP contribution is -1.77. The van der Waals surface area contributed by atoms with E-state index in [2.05, 4.69) is 28.6 Å². The van der Waals surface area contributed by atoms with E-state index in [0.29, 0.717) is 14.4 Å². The van der Waals surface area contributed by atoms with E-state index in [4.69, 9.17) is 11.6 Å². The van der Waals surface area contributed by atoms with Crippen LogP contribution in [0.5, 0.6) is 0 Å².